The molecule has 0 aliphatic carbocycles. The highest BCUT2D eigenvalue weighted by Gasteiger charge is 2.55. The number of hydrogen-bond donors (Lipinski definition) is 0. The van der Waals surface area contributed by atoms with E-state index in [1.807, 2.05) is 0 Å². The number of rotatable bonds is 9. The van der Waals surface area contributed by atoms with Crippen molar-refractivity contribution in [2.75, 3.05) is 34.7 Å². The zero-order chi connectivity index (χ0) is 19.2. The number of methoxy groups -OCH3 is 3. The van der Waals surface area contributed by atoms with E-state index < -0.39 is 22.5 Å². The molecule has 9 nitrogen and oxygen atoms in total. The highest BCUT2D eigenvalue weighted by atomic mass is 16.7. The lowest BCUT2D eigenvalue weighted by Gasteiger charge is -2.36. The first-order valence-corrected chi connectivity index (χ1v) is 8.09. The zero-order valence-corrected chi connectivity index (χ0v) is 15.1. The van der Waals surface area contributed by atoms with E-state index in [1.165, 1.54) is 21.3 Å². The number of hydrogen-bond acceptors (Lipinski definition) is 8. The largest absolute Gasteiger partial charge is 0.496 e. The van der Waals surface area contributed by atoms with Crippen molar-refractivity contribution in [3.8, 4) is 11.5 Å². The average molecular weight is 369 g/mol. The number of carbonyl (C=O) groups is 1. The molecule has 1 aromatic rings. The third-order valence-corrected chi connectivity index (χ3v) is 4.46. The minimum atomic E-state index is -1.58. The number of carbonyl (C=O) groups excluding carboxylic acids is 1. The molecule has 0 N–H and O–H groups in total. The summed E-state index contributed by atoms with van der Waals surface area (Å²) in [5, 5.41) is 12.1. The van der Waals surface area contributed by atoms with E-state index in [0.717, 1.165) is 0 Å². The monoisotopic (exact) mass is 369 g/mol. The lowest BCUT2D eigenvalue weighted by Crippen LogP contribution is -2.58. The van der Waals surface area contributed by atoms with Gasteiger partial charge < -0.3 is 23.7 Å². The summed E-state index contributed by atoms with van der Waals surface area (Å²) in [5.74, 6) is 0.580. The first-order valence-electron chi connectivity index (χ1n) is 8.09. The molecule has 144 valence electrons. The molecule has 9 heteroatoms. The molecule has 0 fully saturated rings. The SMILES string of the molecule is COCOC(CCC(=O)OC)C1([N+](=O)[O-])COc2cccc(OC)c2C1. The maximum absolute atomic E-state index is 12.1. The fraction of sp³-hybridized carbons (Fsp3) is 0.588. The van der Waals surface area contributed by atoms with Crippen molar-refractivity contribution in [3.63, 3.8) is 0 Å². The smallest absolute Gasteiger partial charge is 0.305 e. The van der Waals surface area contributed by atoms with Gasteiger partial charge in [0.2, 0.25) is 0 Å². The maximum Gasteiger partial charge on any atom is 0.305 e. The molecule has 2 rings (SSSR count). The van der Waals surface area contributed by atoms with Crippen molar-refractivity contribution >= 4 is 5.97 Å². The van der Waals surface area contributed by atoms with Crippen molar-refractivity contribution < 1.29 is 33.4 Å². The van der Waals surface area contributed by atoms with Crippen LogP contribution in [0.25, 0.3) is 0 Å². The van der Waals surface area contributed by atoms with E-state index in [-0.39, 0.29) is 32.7 Å². The van der Waals surface area contributed by atoms with E-state index >= 15 is 0 Å². The summed E-state index contributed by atoms with van der Waals surface area (Å²) in [6.07, 6.45) is -0.770. The molecular formula is C17H23NO8. The summed E-state index contributed by atoms with van der Waals surface area (Å²) >= 11 is 0. The van der Waals surface area contributed by atoms with Crippen molar-refractivity contribution in [1.82, 2.24) is 0 Å². The molecule has 2 unspecified atom stereocenters. The van der Waals surface area contributed by atoms with Crippen LogP contribution < -0.4 is 9.47 Å². The van der Waals surface area contributed by atoms with Gasteiger partial charge in [-0.2, -0.15) is 0 Å². The second-order valence-corrected chi connectivity index (χ2v) is 5.94. The molecule has 1 aliphatic rings. The van der Waals surface area contributed by atoms with Crippen LogP contribution in [0.4, 0.5) is 0 Å². The van der Waals surface area contributed by atoms with Crippen LogP contribution in [0.5, 0.6) is 11.5 Å². The molecule has 0 amide bonds. The van der Waals surface area contributed by atoms with Gasteiger partial charge in [0.05, 0.1) is 20.6 Å². The normalized spacial score (nSPS) is 19.8. The Morgan fingerprint density at radius 3 is 2.77 bits per heavy atom. The predicted octanol–water partition coefficient (Wildman–Crippen LogP) is 1.59. The molecule has 1 heterocycles. The molecular weight excluding hydrogens is 346 g/mol. The number of esters is 1. The second kappa shape index (κ2) is 8.81. The Balaban J connectivity index is 2.36. The van der Waals surface area contributed by atoms with Crippen LogP contribution >= 0.6 is 0 Å². The van der Waals surface area contributed by atoms with Crippen LogP contribution in [0.3, 0.4) is 0 Å². The van der Waals surface area contributed by atoms with Crippen molar-refractivity contribution in [2.24, 2.45) is 0 Å². The number of ether oxygens (including phenoxy) is 5. The van der Waals surface area contributed by atoms with Crippen LogP contribution in [0.2, 0.25) is 0 Å². The van der Waals surface area contributed by atoms with E-state index in [9.17, 15) is 14.9 Å². The minimum absolute atomic E-state index is 0.0146. The van der Waals surface area contributed by atoms with Crippen molar-refractivity contribution in [1.29, 1.82) is 0 Å². The summed E-state index contributed by atoms with van der Waals surface area (Å²) in [4.78, 5) is 23.2. The van der Waals surface area contributed by atoms with Gasteiger partial charge in [0.25, 0.3) is 5.54 Å². The number of nitro groups is 1. The van der Waals surface area contributed by atoms with E-state index in [2.05, 4.69) is 4.74 Å². The van der Waals surface area contributed by atoms with Gasteiger partial charge in [-0.1, -0.05) is 6.07 Å². The number of benzene rings is 1. The van der Waals surface area contributed by atoms with Gasteiger partial charge in [-0.05, 0) is 18.6 Å². The number of nitrogens with zero attached hydrogens (tertiary/aromatic N) is 1. The van der Waals surface area contributed by atoms with E-state index in [0.29, 0.717) is 17.1 Å². The summed E-state index contributed by atoms with van der Waals surface area (Å²) in [7, 11) is 4.18. The predicted molar refractivity (Wildman–Crippen MR) is 89.9 cm³/mol. The van der Waals surface area contributed by atoms with Crippen molar-refractivity contribution in [2.45, 2.75) is 30.9 Å². The van der Waals surface area contributed by atoms with E-state index in [1.54, 1.807) is 18.2 Å². The van der Waals surface area contributed by atoms with Gasteiger partial charge in [-0.3, -0.25) is 14.9 Å². The Kier molecular flexibility index (Phi) is 6.76. The van der Waals surface area contributed by atoms with Crippen LogP contribution in [0.1, 0.15) is 18.4 Å². The Hall–Kier alpha value is -2.39. The van der Waals surface area contributed by atoms with Gasteiger partial charge in [0.15, 0.2) is 6.61 Å². The quantitative estimate of drug-likeness (QED) is 0.280. The summed E-state index contributed by atoms with van der Waals surface area (Å²) in [6.45, 7) is -0.323. The molecule has 0 aromatic heterocycles. The number of fused-ring (bicyclic) bond motifs is 1. The van der Waals surface area contributed by atoms with Gasteiger partial charge in [-0.15, -0.1) is 0 Å². The van der Waals surface area contributed by atoms with Crippen LogP contribution in [-0.4, -0.2) is 57.3 Å². The lowest BCUT2D eigenvalue weighted by molar-refractivity contribution is -0.589. The van der Waals surface area contributed by atoms with Crippen LogP contribution in [-0.2, 0) is 25.4 Å². The Labute approximate surface area is 151 Å². The highest BCUT2D eigenvalue weighted by Crippen LogP contribution is 2.40. The Bertz CT molecular complexity index is 635. The molecule has 2 atom stereocenters. The standard InChI is InChI=1S/C17H23NO8/c1-22-11-26-15(7-8-16(19)24-3)17(18(20)21)9-12-13(23-2)5-4-6-14(12)25-10-17/h4-6,15H,7-11H2,1-3H3. The third-order valence-electron chi connectivity index (χ3n) is 4.46. The van der Waals surface area contributed by atoms with Gasteiger partial charge in [0, 0.05) is 24.0 Å². The first-order chi connectivity index (χ1) is 12.5. The maximum atomic E-state index is 12.1. The Morgan fingerprint density at radius 1 is 1.38 bits per heavy atom. The molecule has 0 spiro atoms. The lowest BCUT2D eigenvalue weighted by atomic mass is 9.82. The molecule has 0 radical (unpaired) electrons. The summed E-state index contributed by atoms with van der Waals surface area (Å²) in [5.41, 5.74) is -0.976. The second-order valence-electron chi connectivity index (χ2n) is 5.94. The first kappa shape index (κ1) is 19.9. The topological polar surface area (TPSA) is 106 Å². The molecule has 0 saturated heterocycles. The molecule has 1 aliphatic heterocycles. The fourth-order valence-electron chi connectivity index (χ4n) is 3.06. The molecule has 0 bridgehead atoms. The van der Waals surface area contributed by atoms with Crippen LogP contribution in [0.15, 0.2) is 18.2 Å². The average Bonchev–Trinajstić information content (AvgIpc) is 2.66. The zero-order valence-electron chi connectivity index (χ0n) is 15.1. The van der Waals surface area contributed by atoms with Crippen LogP contribution in [0, 0.1) is 10.1 Å². The minimum Gasteiger partial charge on any atom is -0.496 e. The van der Waals surface area contributed by atoms with Gasteiger partial charge >= 0.3 is 5.97 Å². The summed E-state index contributed by atoms with van der Waals surface area (Å²) < 4.78 is 26.1. The van der Waals surface area contributed by atoms with Crippen molar-refractivity contribution in [3.05, 3.63) is 33.9 Å². The molecule has 0 saturated carbocycles. The van der Waals surface area contributed by atoms with E-state index in [4.69, 9.17) is 18.9 Å². The summed E-state index contributed by atoms with van der Waals surface area (Å²) in [6, 6.07) is 5.21. The highest BCUT2D eigenvalue weighted by molar-refractivity contribution is 5.69. The molecule has 26 heavy (non-hydrogen) atoms. The molecule has 1 aromatic carbocycles. The van der Waals surface area contributed by atoms with Gasteiger partial charge in [0.1, 0.15) is 24.4 Å². The van der Waals surface area contributed by atoms with Gasteiger partial charge in [-0.25, -0.2) is 0 Å². The third kappa shape index (κ3) is 4.05. The fourth-order valence-corrected chi connectivity index (χ4v) is 3.06. The Morgan fingerprint density at radius 2 is 2.15 bits per heavy atom.